The highest BCUT2D eigenvalue weighted by Gasteiger charge is 2.16. The van der Waals surface area contributed by atoms with Crippen molar-refractivity contribution in [2.45, 2.75) is 13.0 Å². The first-order chi connectivity index (χ1) is 9.22. The molecule has 1 fully saturated rings. The lowest BCUT2D eigenvalue weighted by molar-refractivity contribution is 0.470. The first-order valence-electron chi connectivity index (χ1n) is 6.28. The lowest BCUT2D eigenvalue weighted by Gasteiger charge is -2.27. The fourth-order valence-electron chi connectivity index (χ4n) is 2.02. The second-order valence-electron chi connectivity index (χ2n) is 4.75. The van der Waals surface area contributed by atoms with E-state index in [4.69, 9.17) is 0 Å². The Morgan fingerprint density at radius 2 is 2.00 bits per heavy atom. The molecule has 5 heteroatoms. The maximum absolute atomic E-state index is 4.38. The third-order valence-electron chi connectivity index (χ3n) is 3.28. The summed E-state index contributed by atoms with van der Waals surface area (Å²) in [6.07, 6.45) is 3.74. The molecule has 1 saturated heterocycles. The summed E-state index contributed by atoms with van der Waals surface area (Å²) in [5.41, 5.74) is 3.41. The third kappa shape index (κ3) is 2.77. The molecule has 0 radical (unpaired) electrons. The average molecular weight is 319 g/mol. The van der Waals surface area contributed by atoms with Crippen molar-refractivity contribution < 1.29 is 0 Å². The van der Waals surface area contributed by atoms with E-state index in [0.29, 0.717) is 12.0 Å². The molecule has 0 unspecified atom stereocenters. The molecular formula is C14H15BrN4. The van der Waals surface area contributed by atoms with Gasteiger partial charge < -0.3 is 10.6 Å². The number of hydrogen-bond donors (Lipinski definition) is 2. The van der Waals surface area contributed by atoms with E-state index < -0.39 is 0 Å². The molecule has 0 spiro atoms. The zero-order valence-corrected chi connectivity index (χ0v) is 12.2. The molecule has 1 aliphatic heterocycles. The van der Waals surface area contributed by atoms with Crippen molar-refractivity contribution >= 4 is 21.9 Å². The number of rotatable bonds is 3. The van der Waals surface area contributed by atoms with Crippen molar-refractivity contribution in [1.29, 1.82) is 0 Å². The van der Waals surface area contributed by atoms with Gasteiger partial charge in [0, 0.05) is 35.5 Å². The van der Waals surface area contributed by atoms with E-state index in [1.165, 1.54) is 5.56 Å². The molecule has 3 rings (SSSR count). The first-order valence-corrected chi connectivity index (χ1v) is 7.07. The van der Waals surface area contributed by atoms with Gasteiger partial charge in [0.15, 0.2) is 0 Å². The lowest BCUT2D eigenvalue weighted by atomic mass is 10.0. The van der Waals surface area contributed by atoms with Crippen LogP contribution in [-0.4, -0.2) is 29.1 Å². The van der Waals surface area contributed by atoms with E-state index in [2.05, 4.69) is 55.6 Å². The minimum atomic E-state index is 0.457. The van der Waals surface area contributed by atoms with Gasteiger partial charge in [-0.05, 0) is 30.2 Å². The third-order valence-corrected chi connectivity index (χ3v) is 3.77. The monoisotopic (exact) mass is 318 g/mol. The molecule has 4 nitrogen and oxygen atoms in total. The number of hydrogen-bond acceptors (Lipinski definition) is 4. The van der Waals surface area contributed by atoms with Gasteiger partial charge in [-0.2, -0.15) is 0 Å². The number of anilines is 1. The number of nitrogens with one attached hydrogen (secondary N) is 2. The zero-order chi connectivity index (χ0) is 13.2. The smallest absolute Gasteiger partial charge is 0.222 e. The van der Waals surface area contributed by atoms with Gasteiger partial charge in [-0.25, -0.2) is 9.97 Å². The Balaban J connectivity index is 1.83. The van der Waals surface area contributed by atoms with E-state index in [9.17, 15) is 0 Å². The van der Waals surface area contributed by atoms with Crippen LogP contribution in [0.15, 0.2) is 35.1 Å². The maximum atomic E-state index is 4.38. The average Bonchev–Trinajstić information content (AvgIpc) is 2.38. The van der Waals surface area contributed by atoms with E-state index in [1.54, 1.807) is 0 Å². The zero-order valence-electron chi connectivity index (χ0n) is 10.7. The summed E-state index contributed by atoms with van der Waals surface area (Å²) in [7, 11) is 0. The fourth-order valence-corrected chi connectivity index (χ4v) is 2.38. The predicted molar refractivity (Wildman–Crippen MR) is 80.2 cm³/mol. The van der Waals surface area contributed by atoms with Crippen LogP contribution in [0.3, 0.4) is 0 Å². The molecule has 2 aromatic rings. The summed E-state index contributed by atoms with van der Waals surface area (Å²) in [4.78, 5) is 8.76. The van der Waals surface area contributed by atoms with Crippen molar-refractivity contribution in [3.8, 4) is 11.1 Å². The molecule has 98 valence electrons. The topological polar surface area (TPSA) is 49.8 Å². The van der Waals surface area contributed by atoms with Crippen LogP contribution in [0.5, 0.6) is 0 Å². The summed E-state index contributed by atoms with van der Waals surface area (Å²) in [6.45, 7) is 4.06. The van der Waals surface area contributed by atoms with Crippen LogP contribution in [-0.2, 0) is 0 Å². The molecule has 2 heterocycles. The summed E-state index contributed by atoms with van der Waals surface area (Å²) in [5.74, 6) is 0.697. The summed E-state index contributed by atoms with van der Waals surface area (Å²) in [5, 5.41) is 6.50. The van der Waals surface area contributed by atoms with Crippen molar-refractivity contribution in [1.82, 2.24) is 15.3 Å². The number of aryl methyl sites for hydroxylation is 1. The molecule has 0 bridgehead atoms. The Kier molecular flexibility index (Phi) is 3.48. The van der Waals surface area contributed by atoms with Crippen molar-refractivity contribution in [3.05, 3.63) is 40.6 Å². The van der Waals surface area contributed by atoms with Crippen LogP contribution in [0, 0.1) is 6.92 Å². The molecule has 19 heavy (non-hydrogen) atoms. The molecule has 0 saturated carbocycles. The molecule has 2 N–H and O–H groups in total. The van der Waals surface area contributed by atoms with E-state index in [0.717, 1.165) is 28.7 Å². The van der Waals surface area contributed by atoms with E-state index in [1.807, 2.05) is 18.5 Å². The Morgan fingerprint density at radius 1 is 1.26 bits per heavy atom. The van der Waals surface area contributed by atoms with Crippen LogP contribution >= 0.6 is 15.9 Å². The highest BCUT2D eigenvalue weighted by molar-refractivity contribution is 9.10. The van der Waals surface area contributed by atoms with Gasteiger partial charge in [0.1, 0.15) is 0 Å². The summed E-state index contributed by atoms with van der Waals surface area (Å²) >= 11 is 3.50. The summed E-state index contributed by atoms with van der Waals surface area (Å²) in [6, 6.07) is 6.68. The van der Waals surface area contributed by atoms with Gasteiger partial charge in [0.05, 0.1) is 6.04 Å². The van der Waals surface area contributed by atoms with Gasteiger partial charge in [-0.1, -0.05) is 22.0 Å². The van der Waals surface area contributed by atoms with Crippen molar-refractivity contribution in [2.24, 2.45) is 0 Å². The molecule has 0 atom stereocenters. The molecule has 0 amide bonds. The van der Waals surface area contributed by atoms with Crippen LogP contribution in [0.1, 0.15) is 5.56 Å². The predicted octanol–water partition coefficient (Wildman–Crippen LogP) is 2.60. The minimum Gasteiger partial charge on any atom is -0.349 e. The van der Waals surface area contributed by atoms with Gasteiger partial charge in [0.25, 0.3) is 0 Å². The Bertz CT molecular complexity index is 578. The van der Waals surface area contributed by atoms with Gasteiger partial charge >= 0.3 is 0 Å². The standard InChI is InChI=1S/C14H15BrN4/c1-9-2-3-11(15)4-13(9)10-5-17-14(18-6-10)19-12-7-16-8-12/h2-6,12,16H,7-8H2,1H3,(H,17,18,19). The number of halogens is 1. The van der Waals surface area contributed by atoms with Gasteiger partial charge in [0.2, 0.25) is 5.95 Å². The van der Waals surface area contributed by atoms with Crippen molar-refractivity contribution in [2.75, 3.05) is 18.4 Å². The highest BCUT2D eigenvalue weighted by Crippen LogP contribution is 2.26. The van der Waals surface area contributed by atoms with Crippen molar-refractivity contribution in [3.63, 3.8) is 0 Å². The normalized spacial score (nSPS) is 15.1. The number of nitrogens with zero attached hydrogens (tertiary/aromatic N) is 2. The molecule has 0 aliphatic carbocycles. The Morgan fingerprint density at radius 3 is 2.63 bits per heavy atom. The number of aromatic nitrogens is 2. The second kappa shape index (κ2) is 5.27. The molecule has 1 aromatic heterocycles. The van der Waals surface area contributed by atoms with Gasteiger partial charge in [-0.3, -0.25) is 0 Å². The Hall–Kier alpha value is -1.46. The van der Waals surface area contributed by atoms with Crippen LogP contribution < -0.4 is 10.6 Å². The summed E-state index contributed by atoms with van der Waals surface area (Å²) < 4.78 is 1.07. The molecule has 1 aliphatic rings. The van der Waals surface area contributed by atoms with Crippen LogP contribution in [0.2, 0.25) is 0 Å². The first kappa shape index (κ1) is 12.6. The molecule has 1 aromatic carbocycles. The minimum absolute atomic E-state index is 0.457. The fraction of sp³-hybridized carbons (Fsp3) is 0.286. The van der Waals surface area contributed by atoms with E-state index in [-0.39, 0.29) is 0 Å². The largest absolute Gasteiger partial charge is 0.349 e. The highest BCUT2D eigenvalue weighted by atomic mass is 79.9. The van der Waals surface area contributed by atoms with E-state index >= 15 is 0 Å². The quantitative estimate of drug-likeness (QED) is 0.913. The molecular weight excluding hydrogens is 304 g/mol. The SMILES string of the molecule is Cc1ccc(Br)cc1-c1cnc(NC2CNC2)nc1. The second-order valence-corrected chi connectivity index (χ2v) is 5.67. The van der Waals surface area contributed by atoms with Crippen LogP contribution in [0.25, 0.3) is 11.1 Å². The van der Waals surface area contributed by atoms with Crippen LogP contribution in [0.4, 0.5) is 5.95 Å². The number of benzene rings is 1. The maximum Gasteiger partial charge on any atom is 0.222 e. The lowest BCUT2D eigenvalue weighted by Crippen LogP contribution is -2.51. The van der Waals surface area contributed by atoms with Gasteiger partial charge in [-0.15, -0.1) is 0 Å². The Labute approximate surface area is 120 Å².